The van der Waals surface area contributed by atoms with Crippen LogP contribution in [-0.2, 0) is 14.2 Å². The van der Waals surface area contributed by atoms with Crippen molar-refractivity contribution >= 4 is 0 Å². The summed E-state index contributed by atoms with van der Waals surface area (Å²) >= 11 is 0. The summed E-state index contributed by atoms with van der Waals surface area (Å²) in [6.45, 7) is 4.25. The van der Waals surface area contributed by atoms with Gasteiger partial charge in [0.2, 0.25) is 0 Å². The first-order chi connectivity index (χ1) is 5.58. The van der Waals surface area contributed by atoms with Gasteiger partial charge in [-0.1, -0.05) is 0 Å². The predicted octanol–water partition coefficient (Wildman–Crippen LogP) is 0.393. The molecule has 0 aromatic heterocycles. The molecule has 0 amide bonds. The highest BCUT2D eigenvalue weighted by atomic mass is 16.7. The van der Waals surface area contributed by atoms with Gasteiger partial charge in [0.1, 0.15) is 5.60 Å². The number of ether oxygens (including phenoxy) is 3. The summed E-state index contributed by atoms with van der Waals surface area (Å²) in [7, 11) is 2.96. The minimum atomic E-state index is -1.10. The highest BCUT2D eigenvalue weighted by Crippen LogP contribution is 2.13. The molecule has 74 valence electrons. The lowest BCUT2D eigenvalue weighted by molar-refractivity contribution is -0.224. The average molecular weight is 178 g/mol. The van der Waals surface area contributed by atoms with Crippen LogP contribution in [0.5, 0.6) is 0 Å². The molecule has 0 saturated heterocycles. The molecule has 0 aromatic rings. The van der Waals surface area contributed by atoms with E-state index in [-0.39, 0.29) is 6.61 Å². The Labute approximate surface area is 73.4 Å². The lowest BCUT2D eigenvalue weighted by atomic mass is 10.1. The lowest BCUT2D eigenvalue weighted by Crippen LogP contribution is -2.45. The molecule has 0 saturated carbocycles. The van der Waals surface area contributed by atoms with Gasteiger partial charge in [-0.2, -0.15) is 0 Å². The van der Waals surface area contributed by atoms with Crippen molar-refractivity contribution in [2.24, 2.45) is 0 Å². The molecule has 1 atom stereocenters. The summed E-state index contributed by atoms with van der Waals surface area (Å²) in [5, 5.41) is 9.73. The van der Waals surface area contributed by atoms with Crippen LogP contribution >= 0.6 is 0 Å². The standard InChI is InChI=1S/C8H18O4/c1-5-12-6-8(2,9)7(10-3)11-4/h7,9H,5-6H2,1-4H3. The third-order valence-electron chi connectivity index (χ3n) is 1.53. The number of methoxy groups -OCH3 is 2. The van der Waals surface area contributed by atoms with Gasteiger partial charge in [-0.05, 0) is 13.8 Å². The molecule has 4 nitrogen and oxygen atoms in total. The summed E-state index contributed by atoms with van der Waals surface area (Å²) in [6, 6.07) is 0. The van der Waals surface area contributed by atoms with E-state index >= 15 is 0 Å². The fourth-order valence-electron chi connectivity index (χ4n) is 0.981. The van der Waals surface area contributed by atoms with Crippen molar-refractivity contribution in [3.63, 3.8) is 0 Å². The van der Waals surface area contributed by atoms with Crippen LogP contribution in [0.2, 0.25) is 0 Å². The van der Waals surface area contributed by atoms with Crippen molar-refractivity contribution in [1.29, 1.82) is 0 Å². The van der Waals surface area contributed by atoms with E-state index in [1.54, 1.807) is 6.92 Å². The highest BCUT2D eigenvalue weighted by molar-refractivity contribution is 4.75. The van der Waals surface area contributed by atoms with E-state index in [0.717, 1.165) is 0 Å². The molecule has 0 bridgehead atoms. The third kappa shape index (κ3) is 3.49. The van der Waals surface area contributed by atoms with Crippen LogP contribution in [0.1, 0.15) is 13.8 Å². The van der Waals surface area contributed by atoms with Crippen molar-refractivity contribution in [2.45, 2.75) is 25.7 Å². The van der Waals surface area contributed by atoms with Crippen LogP contribution in [0.3, 0.4) is 0 Å². The van der Waals surface area contributed by atoms with E-state index in [2.05, 4.69) is 0 Å². The van der Waals surface area contributed by atoms with Gasteiger partial charge in [-0.25, -0.2) is 0 Å². The molecular formula is C8H18O4. The van der Waals surface area contributed by atoms with E-state index in [0.29, 0.717) is 6.61 Å². The molecule has 0 aliphatic rings. The van der Waals surface area contributed by atoms with Crippen molar-refractivity contribution in [3.8, 4) is 0 Å². The Kier molecular flexibility index (Phi) is 5.41. The first-order valence-corrected chi connectivity index (χ1v) is 3.94. The van der Waals surface area contributed by atoms with Crippen molar-refractivity contribution in [2.75, 3.05) is 27.4 Å². The molecule has 0 aromatic carbocycles. The van der Waals surface area contributed by atoms with Crippen LogP contribution in [0.4, 0.5) is 0 Å². The number of hydrogen-bond acceptors (Lipinski definition) is 4. The SMILES string of the molecule is CCOCC(C)(O)C(OC)OC. The molecule has 0 aliphatic carbocycles. The van der Waals surface area contributed by atoms with Gasteiger partial charge in [0.25, 0.3) is 0 Å². The summed E-state index contributed by atoms with van der Waals surface area (Å²) in [4.78, 5) is 0. The van der Waals surface area contributed by atoms with Gasteiger partial charge in [-0.15, -0.1) is 0 Å². The molecule has 4 heteroatoms. The summed E-state index contributed by atoms with van der Waals surface area (Å²) in [6.07, 6.45) is -0.649. The maximum absolute atomic E-state index is 9.73. The Balaban J connectivity index is 3.96. The Hall–Kier alpha value is -0.160. The van der Waals surface area contributed by atoms with E-state index < -0.39 is 11.9 Å². The maximum Gasteiger partial charge on any atom is 0.187 e. The van der Waals surface area contributed by atoms with E-state index in [1.165, 1.54) is 14.2 Å². The van der Waals surface area contributed by atoms with Crippen molar-refractivity contribution in [1.82, 2.24) is 0 Å². The second kappa shape index (κ2) is 5.48. The quantitative estimate of drug-likeness (QED) is 0.598. The van der Waals surface area contributed by atoms with Crippen molar-refractivity contribution < 1.29 is 19.3 Å². The minimum absolute atomic E-state index is 0.204. The highest BCUT2D eigenvalue weighted by Gasteiger charge is 2.32. The lowest BCUT2D eigenvalue weighted by Gasteiger charge is -2.29. The first-order valence-electron chi connectivity index (χ1n) is 3.94. The van der Waals surface area contributed by atoms with E-state index in [4.69, 9.17) is 14.2 Å². The zero-order valence-electron chi connectivity index (χ0n) is 8.16. The molecule has 0 radical (unpaired) electrons. The topological polar surface area (TPSA) is 47.9 Å². The Bertz CT molecular complexity index is 110. The zero-order valence-corrected chi connectivity index (χ0v) is 8.16. The third-order valence-corrected chi connectivity index (χ3v) is 1.53. The molecule has 1 unspecified atom stereocenters. The molecule has 1 N–H and O–H groups in total. The van der Waals surface area contributed by atoms with E-state index in [1.807, 2.05) is 6.92 Å². The van der Waals surface area contributed by atoms with Crippen LogP contribution < -0.4 is 0 Å². The van der Waals surface area contributed by atoms with Gasteiger partial charge in [-0.3, -0.25) is 0 Å². The molecular weight excluding hydrogens is 160 g/mol. The van der Waals surface area contributed by atoms with Gasteiger partial charge in [0.15, 0.2) is 6.29 Å². The second-order valence-corrected chi connectivity index (χ2v) is 2.80. The fraction of sp³-hybridized carbons (Fsp3) is 1.00. The number of hydrogen-bond donors (Lipinski definition) is 1. The minimum Gasteiger partial charge on any atom is -0.382 e. The smallest absolute Gasteiger partial charge is 0.187 e. The largest absolute Gasteiger partial charge is 0.382 e. The van der Waals surface area contributed by atoms with Crippen LogP contribution in [0.15, 0.2) is 0 Å². The van der Waals surface area contributed by atoms with Crippen molar-refractivity contribution in [3.05, 3.63) is 0 Å². The number of rotatable bonds is 6. The van der Waals surface area contributed by atoms with Crippen LogP contribution in [-0.4, -0.2) is 44.4 Å². The van der Waals surface area contributed by atoms with E-state index in [9.17, 15) is 5.11 Å². The van der Waals surface area contributed by atoms with Gasteiger partial charge in [0.05, 0.1) is 6.61 Å². The molecule has 12 heavy (non-hydrogen) atoms. The summed E-state index contributed by atoms with van der Waals surface area (Å²) < 4.78 is 14.9. The monoisotopic (exact) mass is 178 g/mol. The fourth-order valence-corrected chi connectivity index (χ4v) is 0.981. The Morgan fingerprint density at radius 3 is 2.17 bits per heavy atom. The van der Waals surface area contributed by atoms with Gasteiger partial charge >= 0.3 is 0 Å². The predicted molar refractivity (Wildman–Crippen MR) is 44.9 cm³/mol. The molecule has 0 fully saturated rings. The molecule has 0 heterocycles. The Morgan fingerprint density at radius 2 is 1.83 bits per heavy atom. The second-order valence-electron chi connectivity index (χ2n) is 2.80. The maximum atomic E-state index is 9.73. The molecule has 0 aliphatic heterocycles. The number of aliphatic hydroxyl groups is 1. The summed E-state index contributed by atoms with van der Waals surface area (Å²) in [5.41, 5.74) is -1.10. The van der Waals surface area contributed by atoms with Gasteiger partial charge < -0.3 is 19.3 Å². The molecule has 0 rings (SSSR count). The van der Waals surface area contributed by atoms with Gasteiger partial charge in [0, 0.05) is 20.8 Å². The van der Waals surface area contributed by atoms with Crippen LogP contribution in [0.25, 0.3) is 0 Å². The first kappa shape index (κ1) is 11.8. The summed E-state index contributed by atoms with van der Waals surface area (Å²) in [5.74, 6) is 0. The molecule has 0 spiro atoms. The van der Waals surface area contributed by atoms with Crippen LogP contribution in [0, 0.1) is 0 Å². The average Bonchev–Trinajstić information content (AvgIpc) is 2.03. The normalized spacial score (nSPS) is 16.5. The zero-order chi connectivity index (χ0) is 9.61. The Morgan fingerprint density at radius 1 is 1.33 bits per heavy atom.